The van der Waals surface area contributed by atoms with Gasteiger partial charge in [-0.05, 0) is 31.1 Å². The van der Waals surface area contributed by atoms with Crippen molar-refractivity contribution in [3.05, 3.63) is 0 Å². The zero-order valence-corrected chi connectivity index (χ0v) is 39.7. The fraction of sp³-hybridized carbons (Fsp3) is 0.942. The highest BCUT2D eigenvalue weighted by atomic mass is 16.6. The molecule has 0 radical (unpaired) electrons. The van der Waals surface area contributed by atoms with Crippen LogP contribution in [-0.2, 0) is 28.6 Å². The fourth-order valence-corrected chi connectivity index (χ4v) is 7.78. The van der Waals surface area contributed by atoms with Gasteiger partial charge in [0.05, 0.1) is 0 Å². The highest BCUT2D eigenvalue weighted by Crippen LogP contribution is 2.18. The maximum absolute atomic E-state index is 12.7. The maximum Gasteiger partial charge on any atom is 0.306 e. The predicted octanol–water partition coefficient (Wildman–Crippen LogP) is 16.5. The Bertz CT molecular complexity index is 887. The third kappa shape index (κ3) is 44.0. The number of unbranched alkanes of at least 4 members (excludes halogenated alkanes) is 30. The lowest BCUT2D eigenvalue weighted by Crippen LogP contribution is -2.30. The van der Waals surface area contributed by atoms with E-state index in [0.29, 0.717) is 19.3 Å². The lowest BCUT2D eigenvalue weighted by Gasteiger charge is -2.18. The smallest absolute Gasteiger partial charge is 0.306 e. The number of hydrogen-bond donors (Lipinski definition) is 0. The molecule has 0 aliphatic heterocycles. The first-order valence-electron chi connectivity index (χ1n) is 25.8. The summed E-state index contributed by atoms with van der Waals surface area (Å²) >= 11 is 0. The van der Waals surface area contributed by atoms with Crippen LogP contribution in [0.25, 0.3) is 0 Å². The number of hydrogen-bond acceptors (Lipinski definition) is 6. The lowest BCUT2D eigenvalue weighted by molar-refractivity contribution is -0.167. The maximum atomic E-state index is 12.7. The SMILES string of the molecule is CCCCCCCC(=O)OC[C@@H](COC(=O)CCCCCCCCCCCCC(C)C)OC(=O)CCCCCCCCCCCCCCCCCCCCC(C)CC. The predicted molar refractivity (Wildman–Crippen MR) is 247 cm³/mol. The van der Waals surface area contributed by atoms with E-state index >= 15 is 0 Å². The van der Waals surface area contributed by atoms with Crippen molar-refractivity contribution in [2.75, 3.05) is 13.2 Å². The van der Waals surface area contributed by atoms with Crippen molar-refractivity contribution >= 4 is 17.9 Å². The van der Waals surface area contributed by atoms with Crippen LogP contribution >= 0.6 is 0 Å². The molecule has 0 heterocycles. The Kier molecular flexibility index (Phi) is 43.7. The largest absolute Gasteiger partial charge is 0.462 e. The molecule has 58 heavy (non-hydrogen) atoms. The zero-order valence-electron chi connectivity index (χ0n) is 39.7. The molecule has 0 amide bonds. The summed E-state index contributed by atoms with van der Waals surface area (Å²) in [4.78, 5) is 37.6. The summed E-state index contributed by atoms with van der Waals surface area (Å²) in [6.45, 7) is 11.3. The molecule has 0 rings (SSSR count). The van der Waals surface area contributed by atoms with Gasteiger partial charge in [0, 0.05) is 19.3 Å². The van der Waals surface area contributed by atoms with Gasteiger partial charge in [0.15, 0.2) is 6.10 Å². The van der Waals surface area contributed by atoms with Crippen LogP contribution < -0.4 is 0 Å². The van der Waals surface area contributed by atoms with Crippen LogP contribution in [0.5, 0.6) is 0 Å². The molecule has 0 aromatic carbocycles. The van der Waals surface area contributed by atoms with Crippen molar-refractivity contribution in [1.82, 2.24) is 0 Å². The highest BCUT2D eigenvalue weighted by Gasteiger charge is 2.19. The summed E-state index contributed by atoms with van der Waals surface area (Å²) in [7, 11) is 0. The van der Waals surface area contributed by atoms with Crippen molar-refractivity contribution in [3.8, 4) is 0 Å². The summed E-state index contributed by atoms with van der Waals surface area (Å²) in [5.74, 6) is 0.864. The molecule has 0 spiro atoms. The first-order chi connectivity index (χ1) is 28.3. The van der Waals surface area contributed by atoms with Gasteiger partial charge >= 0.3 is 17.9 Å². The first kappa shape index (κ1) is 56.4. The van der Waals surface area contributed by atoms with Gasteiger partial charge < -0.3 is 14.2 Å². The van der Waals surface area contributed by atoms with Crippen molar-refractivity contribution in [1.29, 1.82) is 0 Å². The van der Waals surface area contributed by atoms with Crippen LogP contribution in [-0.4, -0.2) is 37.2 Å². The van der Waals surface area contributed by atoms with Gasteiger partial charge in [0.2, 0.25) is 0 Å². The Hall–Kier alpha value is -1.59. The van der Waals surface area contributed by atoms with Crippen molar-refractivity contribution in [3.63, 3.8) is 0 Å². The summed E-state index contributed by atoms with van der Waals surface area (Å²) in [6.07, 6.45) is 45.5. The van der Waals surface area contributed by atoms with E-state index in [9.17, 15) is 14.4 Å². The normalized spacial score (nSPS) is 12.5. The molecule has 2 atom stereocenters. The van der Waals surface area contributed by atoms with Crippen LogP contribution in [0.15, 0.2) is 0 Å². The molecular formula is C52H100O6. The molecule has 0 aromatic heterocycles. The molecular weight excluding hydrogens is 721 g/mol. The quantitative estimate of drug-likeness (QED) is 0.0346. The van der Waals surface area contributed by atoms with Gasteiger partial charge in [-0.25, -0.2) is 0 Å². The van der Waals surface area contributed by atoms with Gasteiger partial charge in [-0.1, -0.05) is 247 Å². The van der Waals surface area contributed by atoms with Crippen molar-refractivity contribution in [2.24, 2.45) is 11.8 Å². The molecule has 0 saturated heterocycles. The fourth-order valence-electron chi connectivity index (χ4n) is 7.78. The van der Waals surface area contributed by atoms with Gasteiger partial charge in [0.1, 0.15) is 13.2 Å². The van der Waals surface area contributed by atoms with E-state index in [0.717, 1.165) is 76.0 Å². The van der Waals surface area contributed by atoms with Gasteiger partial charge in [-0.3, -0.25) is 14.4 Å². The van der Waals surface area contributed by atoms with Gasteiger partial charge in [-0.2, -0.15) is 0 Å². The average molecular weight is 821 g/mol. The molecule has 0 N–H and O–H groups in total. The van der Waals surface area contributed by atoms with E-state index in [1.165, 1.54) is 167 Å². The monoisotopic (exact) mass is 821 g/mol. The van der Waals surface area contributed by atoms with Gasteiger partial charge in [-0.15, -0.1) is 0 Å². The minimum atomic E-state index is -0.759. The summed E-state index contributed by atoms with van der Waals surface area (Å²) < 4.78 is 16.7. The number of carbonyl (C=O) groups excluding carboxylic acids is 3. The van der Waals surface area contributed by atoms with E-state index < -0.39 is 6.10 Å². The third-order valence-corrected chi connectivity index (χ3v) is 12.1. The molecule has 0 aliphatic carbocycles. The van der Waals surface area contributed by atoms with E-state index in [-0.39, 0.29) is 31.1 Å². The molecule has 0 saturated carbocycles. The number of ether oxygens (including phenoxy) is 3. The van der Waals surface area contributed by atoms with Crippen LogP contribution in [0.3, 0.4) is 0 Å². The highest BCUT2D eigenvalue weighted by molar-refractivity contribution is 5.71. The molecule has 6 heteroatoms. The minimum absolute atomic E-state index is 0.0651. The Morgan fingerprint density at radius 3 is 0.983 bits per heavy atom. The number of rotatable bonds is 46. The first-order valence-corrected chi connectivity index (χ1v) is 25.8. The Labute approximate surface area is 361 Å². The van der Waals surface area contributed by atoms with Crippen LogP contribution in [0.4, 0.5) is 0 Å². The molecule has 0 fully saturated rings. The Morgan fingerprint density at radius 2 is 0.655 bits per heavy atom. The standard InChI is InChI=1S/C52H100O6/c1-6-8-9-30-37-42-50(53)56-45-49(46-57-51(54)43-38-33-28-24-21-20-22-26-31-35-40-47(3)4)58-52(55)44-39-34-29-25-19-17-15-13-11-10-12-14-16-18-23-27-32-36-41-48(5)7-2/h47-49H,6-46H2,1-5H3/t48?,49-/m0/s1. The second kappa shape index (κ2) is 44.9. The molecule has 0 aromatic rings. The summed E-state index contributed by atoms with van der Waals surface area (Å²) in [5.41, 5.74) is 0. The molecule has 344 valence electrons. The molecule has 0 aliphatic rings. The number of carbonyl (C=O) groups is 3. The van der Waals surface area contributed by atoms with E-state index in [2.05, 4.69) is 34.6 Å². The van der Waals surface area contributed by atoms with Crippen LogP contribution in [0.1, 0.15) is 285 Å². The van der Waals surface area contributed by atoms with Crippen molar-refractivity contribution in [2.45, 2.75) is 291 Å². The lowest BCUT2D eigenvalue weighted by atomic mass is 9.99. The van der Waals surface area contributed by atoms with E-state index in [1.807, 2.05) is 0 Å². The molecule has 1 unspecified atom stereocenters. The average Bonchev–Trinajstić information content (AvgIpc) is 3.21. The van der Waals surface area contributed by atoms with Crippen LogP contribution in [0, 0.1) is 11.8 Å². The minimum Gasteiger partial charge on any atom is -0.462 e. The van der Waals surface area contributed by atoms with Crippen LogP contribution in [0.2, 0.25) is 0 Å². The van der Waals surface area contributed by atoms with E-state index in [1.54, 1.807) is 0 Å². The zero-order chi connectivity index (χ0) is 42.6. The second-order valence-electron chi connectivity index (χ2n) is 18.5. The van der Waals surface area contributed by atoms with Gasteiger partial charge in [0.25, 0.3) is 0 Å². The number of esters is 3. The summed E-state index contributed by atoms with van der Waals surface area (Å²) in [6, 6.07) is 0. The second-order valence-corrected chi connectivity index (χ2v) is 18.5. The summed E-state index contributed by atoms with van der Waals surface area (Å²) in [5, 5.41) is 0. The molecule has 6 nitrogen and oxygen atoms in total. The molecule has 0 bridgehead atoms. The topological polar surface area (TPSA) is 78.9 Å². The van der Waals surface area contributed by atoms with E-state index in [4.69, 9.17) is 14.2 Å². The Morgan fingerprint density at radius 1 is 0.362 bits per heavy atom. The van der Waals surface area contributed by atoms with Crippen molar-refractivity contribution < 1.29 is 28.6 Å². The Balaban J connectivity index is 4.07. The third-order valence-electron chi connectivity index (χ3n) is 12.1.